The minimum Gasteiger partial charge on any atom is -0.381 e. The summed E-state index contributed by atoms with van der Waals surface area (Å²) in [5.41, 5.74) is 5.42. The van der Waals surface area contributed by atoms with Crippen molar-refractivity contribution in [2.45, 2.75) is 26.8 Å². The largest absolute Gasteiger partial charge is 0.381 e. The Morgan fingerprint density at radius 3 is 2.32 bits per heavy atom. The van der Waals surface area contributed by atoms with Crippen molar-refractivity contribution in [3.8, 4) is 6.07 Å². The summed E-state index contributed by atoms with van der Waals surface area (Å²) in [6, 6.07) is 16.6. The zero-order valence-corrected chi connectivity index (χ0v) is 11.4. The Morgan fingerprint density at radius 2 is 1.74 bits per heavy atom. The molecule has 2 rings (SSSR count). The fourth-order valence-electron chi connectivity index (χ4n) is 2.00. The van der Waals surface area contributed by atoms with Gasteiger partial charge in [0.05, 0.1) is 11.6 Å². The average molecular weight is 250 g/mol. The number of hydrogen-bond acceptors (Lipinski definition) is 2. The second kappa shape index (κ2) is 6.06. The SMILES string of the molecule is CCc1ccc(CNc2ccc(C#N)c(C)c2)cc1. The molecule has 0 heterocycles. The van der Waals surface area contributed by atoms with Crippen molar-refractivity contribution in [1.82, 2.24) is 0 Å². The van der Waals surface area contributed by atoms with Gasteiger partial charge in [-0.2, -0.15) is 5.26 Å². The zero-order chi connectivity index (χ0) is 13.7. The standard InChI is InChI=1S/C17H18N2/c1-3-14-4-6-15(7-5-14)12-19-17-9-8-16(11-18)13(2)10-17/h4-10,19H,3,12H2,1-2H3. The van der Waals surface area contributed by atoms with Crippen LogP contribution in [0.1, 0.15) is 29.2 Å². The molecule has 0 aliphatic heterocycles. The van der Waals surface area contributed by atoms with E-state index >= 15 is 0 Å². The van der Waals surface area contributed by atoms with Crippen LogP contribution in [0.25, 0.3) is 0 Å². The van der Waals surface area contributed by atoms with Gasteiger partial charge in [-0.1, -0.05) is 31.2 Å². The number of nitrogens with one attached hydrogen (secondary N) is 1. The Hall–Kier alpha value is -2.27. The Labute approximate surface area is 114 Å². The number of aryl methyl sites for hydroxylation is 2. The molecule has 2 aromatic rings. The first-order chi connectivity index (χ1) is 9.22. The molecule has 0 aliphatic carbocycles. The van der Waals surface area contributed by atoms with Gasteiger partial charge in [0.1, 0.15) is 0 Å². The summed E-state index contributed by atoms with van der Waals surface area (Å²) in [6.45, 7) is 4.92. The van der Waals surface area contributed by atoms with Crippen LogP contribution < -0.4 is 5.32 Å². The molecule has 2 aromatic carbocycles. The van der Waals surface area contributed by atoms with E-state index in [2.05, 4.69) is 42.6 Å². The van der Waals surface area contributed by atoms with Gasteiger partial charge in [-0.25, -0.2) is 0 Å². The van der Waals surface area contributed by atoms with E-state index in [1.54, 1.807) is 0 Å². The van der Waals surface area contributed by atoms with Crippen molar-refractivity contribution in [3.05, 3.63) is 64.7 Å². The van der Waals surface area contributed by atoms with Gasteiger partial charge in [0, 0.05) is 12.2 Å². The number of anilines is 1. The predicted octanol–water partition coefficient (Wildman–Crippen LogP) is 4.04. The molecular weight excluding hydrogens is 232 g/mol. The monoisotopic (exact) mass is 250 g/mol. The van der Waals surface area contributed by atoms with Crippen LogP contribution in [0.15, 0.2) is 42.5 Å². The molecule has 0 aromatic heterocycles. The summed E-state index contributed by atoms with van der Waals surface area (Å²) in [5, 5.41) is 12.3. The van der Waals surface area contributed by atoms with Crippen LogP contribution in [0.5, 0.6) is 0 Å². The van der Waals surface area contributed by atoms with E-state index in [9.17, 15) is 0 Å². The topological polar surface area (TPSA) is 35.8 Å². The Morgan fingerprint density at radius 1 is 1.05 bits per heavy atom. The fraction of sp³-hybridized carbons (Fsp3) is 0.235. The first kappa shape index (κ1) is 13.2. The number of rotatable bonds is 4. The normalized spacial score (nSPS) is 9.95. The Balaban J connectivity index is 2.02. The lowest BCUT2D eigenvalue weighted by atomic mass is 10.1. The molecule has 0 fully saturated rings. The molecule has 2 heteroatoms. The van der Waals surface area contributed by atoms with Gasteiger partial charge < -0.3 is 5.32 Å². The molecule has 0 saturated heterocycles. The molecule has 0 aliphatic rings. The lowest BCUT2D eigenvalue weighted by Gasteiger charge is -2.08. The molecule has 0 saturated carbocycles. The summed E-state index contributed by atoms with van der Waals surface area (Å²) < 4.78 is 0. The van der Waals surface area contributed by atoms with Gasteiger partial charge in [-0.15, -0.1) is 0 Å². The van der Waals surface area contributed by atoms with Crippen molar-refractivity contribution >= 4 is 5.69 Å². The van der Waals surface area contributed by atoms with Crippen molar-refractivity contribution in [2.24, 2.45) is 0 Å². The zero-order valence-electron chi connectivity index (χ0n) is 11.4. The molecule has 1 N–H and O–H groups in total. The second-order valence-corrected chi connectivity index (χ2v) is 4.67. The minimum atomic E-state index is 0.734. The maximum Gasteiger partial charge on any atom is 0.0994 e. The van der Waals surface area contributed by atoms with E-state index in [1.165, 1.54) is 11.1 Å². The number of benzene rings is 2. The molecule has 0 atom stereocenters. The summed E-state index contributed by atoms with van der Waals surface area (Å²) in [5.74, 6) is 0. The number of hydrogen-bond donors (Lipinski definition) is 1. The van der Waals surface area contributed by atoms with Crippen molar-refractivity contribution in [1.29, 1.82) is 5.26 Å². The minimum absolute atomic E-state index is 0.734. The third kappa shape index (κ3) is 3.35. The maximum atomic E-state index is 8.90. The second-order valence-electron chi connectivity index (χ2n) is 4.67. The smallest absolute Gasteiger partial charge is 0.0994 e. The van der Waals surface area contributed by atoms with Gasteiger partial charge in [-0.05, 0) is 48.2 Å². The van der Waals surface area contributed by atoms with E-state index in [-0.39, 0.29) is 0 Å². The van der Waals surface area contributed by atoms with Gasteiger partial charge >= 0.3 is 0 Å². The predicted molar refractivity (Wildman–Crippen MR) is 79.0 cm³/mol. The van der Waals surface area contributed by atoms with Crippen molar-refractivity contribution in [3.63, 3.8) is 0 Å². The van der Waals surface area contributed by atoms with E-state index in [0.29, 0.717) is 0 Å². The highest BCUT2D eigenvalue weighted by Gasteiger charge is 1.99. The van der Waals surface area contributed by atoms with E-state index < -0.39 is 0 Å². The highest BCUT2D eigenvalue weighted by molar-refractivity contribution is 5.51. The van der Waals surface area contributed by atoms with E-state index in [4.69, 9.17) is 5.26 Å². The fourth-order valence-corrected chi connectivity index (χ4v) is 2.00. The first-order valence-electron chi connectivity index (χ1n) is 6.55. The maximum absolute atomic E-state index is 8.90. The van der Waals surface area contributed by atoms with Crippen LogP contribution in [-0.4, -0.2) is 0 Å². The van der Waals surface area contributed by atoms with Crippen LogP contribution in [-0.2, 0) is 13.0 Å². The third-order valence-electron chi connectivity index (χ3n) is 3.27. The highest BCUT2D eigenvalue weighted by Crippen LogP contribution is 2.15. The summed E-state index contributed by atoms with van der Waals surface area (Å²) in [4.78, 5) is 0. The Bertz CT molecular complexity index is 592. The molecular formula is C17H18N2. The average Bonchev–Trinajstić information content (AvgIpc) is 2.46. The third-order valence-corrected chi connectivity index (χ3v) is 3.27. The summed E-state index contributed by atoms with van der Waals surface area (Å²) >= 11 is 0. The molecule has 0 unspecified atom stereocenters. The quantitative estimate of drug-likeness (QED) is 0.888. The van der Waals surface area contributed by atoms with Crippen molar-refractivity contribution in [2.75, 3.05) is 5.32 Å². The number of nitrogens with zero attached hydrogens (tertiary/aromatic N) is 1. The molecule has 0 spiro atoms. The van der Waals surface area contributed by atoms with Crippen LogP contribution in [0.4, 0.5) is 5.69 Å². The van der Waals surface area contributed by atoms with E-state index in [0.717, 1.165) is 29.8 Å². The summed E-state index contributed by atoms with van der Waals surface area (Å²) in [6.07, 6.45) is 1.07. The van der Waals surface area contributed by atoms with Gasteiger partial charge in [0.25, 0.3) is 0 Å². The van der Waals surface area contributed by atoms with Gasteiger partial charge in [-0.3, -0.25) is 0 Å². The summed E-state index contributed by atoms with van der Waals surface area (Å²) in [7, 11) is 0. The molecule has 96 valence electrons. The Kier molecular flexibility index (Phi) is 4.20. The van der Waals surface area contributed by atoms with Gasteiger partial charge in [0.2, 0.25) is 0 Å². The first-order valence-corrected chi connectivity index (χ1v) is 6.55. The van der Waals surface area contributed by atoms with Crippen LogP contribution >= 0.6 is 0 Å². The van der Waals surface area contributed by atoms with E-state index in [1.807, 2.05) is 25.1 Å². The lowest BCUT2D eigenvalue weighted by Crippen LogP contribution is -2.00. The van der Waals surface area contributed by atoms with Crippen LogP contribution in [0.3, 0.4) is 0 Å². The lowest BCUT2D eigenvalue weighted by molar-refractivity contribution is 1.10. The van der Waals surface area contributed by atoms with Crippen LogP contribution in [0.2, 0.25) is 0 Å². The molecule has 19 heavy (non-hydrogen) atoms. The molecule has 0 radical (unpaired) electrons. The molecule has 0 bridgehead atoms. The molecule has 2 nitrogen and oxygen atoms in total. The van der Waals surface area contributed by atoms with Crippen molar-refractivity contribution < 1.29 is 0 Å². The van der Waals surface area contributed by atoms with Crippen LogP contribution in [0, 0.1) is 18.3 Å². The molecule has 0 amide bonds. The number of nitriles is 1. The van der Waals surface area contributed by atoms with Gasteiger partial charge in [0.15, 0.2) is 0 Å². The highest BCUT2D eigenvalue weighted by atomic mass is 14.9.